The minimum atomic E-state index is -0.526. The van der Waals surface area contributed by atoms with Gasteiger partial charge in [-0.25, -0.2) is 4.98 Å². The number of hydrogen-bond donors (Lipinski definition) is 1. The van der Waals surface area contributed by atoms with Crippen LogP contribution in [-0.4, -0.2) is 51.2 Å². The lowest BCUT2D eigenvalue weighted by atomic mass is 9.98. The van der Waals surface area contributed by atoms with E-state index >= 15 is 0 Å². The molecule has 140 valence electrons. The fourth-order valence-corrected chi connectivity index (χ4v) is 4.48. The van der Waals surface area contributed by atoms with Gasteiger partial charge in [0.1, 0.15) is 0 Å². The fraction of sp³-hybridized carbons (Fsp3) is 0.611. The highest BCUT2D eigenvalue weighted by molar-refractivity contribution is 6.31. The Bertz CT molecular complexity index is 924. The molecule has 0 bridgehead atoms. The Morgan fingerprint density at radius 1 is 1.08 bits per heavy atom. The second-order valence-corrected chi connectivity index (χ2v) is 7.72. The molecule has 7 nitrogen and oxygen atoms in total. The molecule has 2 aromatic heterocycles. The number of piperidine rings is 2. The predicted molar refractivity (Wildman–Crippen MR) is 102 cm³/mol. The lowest BCUT2D eigenvalue weighted by Gasteiger charge is -2.39. The van der Waals surface area contributed by atoms with E-state index in [0.717, 1.165) is 39.0 Å². The van der Waals surface area contributed by atoms with E-state index in [2.05, 4.69) is 15.2 Å². The third-order valence-electron chi connectivity index (χ3n) is 5.80. The summed E-state index contributed by atoms with van der Waals surface area (Å²) in [5.41, 5.74) is 0.127. The van der Waals surface area contributed by atoms with Crippen LogP contribution in [0.5, 0.6) is 0 Å². The molecule has 0 saturated carbocycles. The molecule has 0 radical (unpaired) electrons. The van der Waals surface area contributed by atoms with Crippen LogP contribution in [-0.2, 0) is 7.05 Å². The highest BCUT2D eigenvalue weighted by Crippen LogP contribution is 2.27. The molecule has 0 atom stereocenters. The van der Waals surface area contributed by atoms with E-state index in [9.17, 15) is 9.59 Å². The molecule has 2 fully saturated rings. The van der Waals surface area contributed by atoms with Crippen LogP contribution in [0.25, 0.3) is 11.2 Å². The molecule has 4 rings (SSSR count). The van der Waals surface area contributed by atoms with Crippen LogP contribution in [0.4, 0.5) is 0 Å². The van der Waals surface area contributed by atoms with E-state index in [-0.39, 0.29) is 6.04 Å². The van der Waals surface area contributed by atoms with Crippen molar-refractivity contribution in [3.8, 4) is 0 Å². The summed E-state index contributed by atoms with van der Waals surface area (Å²) < 4.78 is 2.95. The molecule has 4 heterocycles. The Morgan fingerprint density at radius 2 is 1.77 bits per heavy atom. The van der Waals surface area contributed by atoms with Crippen molar-refractivity contribution in [3.63, 3.8) is 0 Å². The molecule has 2 aliphatic heterocycles. The molecule has 1 N–H and O–H groups in total. The molecule has 0 unspecified atom stereocenters. The molecule has 26 heavy (non-hydrogen) atoms. The Labute approximate surface area is 156 Å². The third kappa shape index (κ3) is 3.08. The number of aromatic nitrogens is 3. The summed E-state index contributed by atoms with van der Waals surface area (Å²) in [5.74, 6) is 0. The van der Waals surface area contributed by atoms with Crippen molar-refractivity contribution in [2.45, 2.75) is 37.8 Å². The Balaban J connectivity index is 1.65. The molecule has 0 spiro atoms. The minimum absolute atomic E-state index is 0.00513. The van der Waals surface area contributed by atoms with Crippen molar-refractivity contribution in [1.82, 2.24) is 24.3 Å². The van der Waals surface area contributed by atoms with E-state index in [0.29, 0.717) is 22.2 Å². The van der Waals surface area contributed by atoms with Gasteiger partial charge >= 0.3 is 11.1 Å². The summed E-state index contributed by atoms with van der Waals surface area (Å²) in [6.07, 6.45) is 5.61. The molecule has 0 aromatic carbocycles. The molecular formula is C18H24ClN5O2. The smallest absolute Gasteiger partial charge is 0.317 e. The van der Waals surface area contributed by atoms with Crippen LogP contribution in [0.3, 0.4) is 0 Å². The number of hydrogen-bond acceptors (Lipinski definition) is 5. The first-order chi connectivity index (χ1) is 12.6. The van der Waals surface area contributed by atoms with Gasteiger partial charge in [-0.1, -0.05) is 11.6 Å². The fourth-order valence-electron chi connectivity index (χ4n) is 4.33. The van der Waals surface area contributed by atoms with Crippen LogP contribution in [0.2, 0.25) is 5.02 Å². The van der Waals surface area contributed by atoms with Crippen molar-refractivity contribution >= 4 is 22.8 Å². The van der Waals surface area contributed by atoms with Crippen molar-refractivity contribution in [3.05, 3.63) is 38.0 Å². The van der Waals surface area contributed by atoms with Gasteiger partial charge in [0.05, 0.1) is 10.5 Å². The standard InChI is InChI=1S/C18H24ClN5O2/c1-22-15-10-12(19)11-21-16(15)24(18(26)17(22)25)14-4-8-23(9-5-14)13-2-6-20-7-3-13/h10-11,13-14,20H,2-9H2,1H3. The summed E-state index contributed by atoms with van der Waals surface area (Å²) in [4.78, 5) is 32.0. The summed E-state index contributed by atoms with van der Waals surface area (Å²) in [6.45, 7) is 4.06. The highest BCUT2D eigenvalue weighted by Gasteiger charge is 2.29. The average Bonchev–Trinajstić information content (AvgIpc) is 2.68. The number of fused-ring (bicyclic) bond motifs is 1. The maximum Gasteiger partial charge on any atom is 0.318 e. The summed E-state index contributed by atoms with van der Waals surface area (Å²) >= 11 is 6.05. The van der Waals surface area contributed by atoms with Crippen LogP contribution < -0.4 is 16.4 Å². The topological polar surface area (TPSA) is 72.2 Å². The number of halogens is 1. The number of pyridine rings is 1. The number of rotatable bonds is 2. The van der Waals surface area contributed by atoms with Crippen LogP contribution in [0.15, 0.2) is 21.9 Å². The maximum absolute atomic E-state index is 12.7. The van der Waals surface area contributed by atoms with Gasteiger partial charge in [-0.2, -0.15) is 0 Å². The molecule has 2 saturated heterocycles. The zero-order chi connectivity index (χ0) is 18.3. The molecule has 0 amide bonds. The molecular weight excluding hydrogens is 354 g/mol. The molecule has 2 aromatic rings. The van der Waals surface area contributed by atoms with Gasteiger partial charge < -0.3 is 14.8 Å². The lowest BCUT2D eigenvalue weighted by Crippen LogP contribution is -2.49. The zero-order valence-electron chi connectivity index (χ0n) is 14.9. The van der Waals surface area contributed by atoms with Crippen molar-refractivity contribution in [2.75, 3.05) is 26.2 Å². The van der Waals surface area contributed by atoms with Gasteiger partial charge in [0.25, 0.3) is 0 Å². The van der Waals surface area contributed by atoms with Crippen LogP contribution >= 0.6 is 11.6 Å². The normalized spacial score (nSPS) is 20.7. The SMILES string of the molecule is Cn1c(=O)c(=O)n(C2CCN(C3CCNCC3)CC2)c2ncc(Cl)cc21. The van der Waals surface area contributed by atoms with E-state index in [1.165, 1.54) is 23.6 Å². The third-order valence-corrected chi connectivity index (χ3v) is 6.01. The highest BCUT2D eigenvalue weighted by atomic mass is 35.5. The molecule has 8 heteroatoms. The monoisotopic (exact) mass is 377 g/mol. The van der Waals surface area contributed by atoms with E-state index in [1.54, 1.807) is 17.7 Å². The molecule has 2 aliphatic rings. The molecule has 0 aliphatic carbocycles. The number of nitrogens with one attached hydrogen (secondary N) is 1. The number of aryl methyl sites for hydroxylation is 1. The predicted octanol–water partition coefficient (Wildman–Crippen LogP) is 1.14. The second-order valence-electron chi connectivity index (χ2n) is 7.28. The first kappa shape index (κ1) is 17.7. The van der Waals surface area contributed by atoms with E-state index < -0.39 is 11.1 Å². The van der Waals surface area contributed by atoms with Crippen molar-refractivity contribution < 1.29 is 0 Å². The number of nitrogens with zero attached hydrogens (tertiary/aromatic N) is 4. The lowest BCUT2D eigenvalue weighted by molar-refractivity contribution is 0.113. The van der Waals surface area contributed by atoms with Gasteiger partial charge in [0.15, 0.2) is 5.65 Å². The van der Waals surface area contributed by atoms with Crippen LogP contribution in [0.1, 0.15) is 31.7 Å². The van der Waals surface area contributed by atoms with Crippen molar-refractivity contribution in [1.29, 1.82) is 0 Å². The van der Waals surface area contributed by atoms with Gasteiger partial charge in [0.2, 0.25) is 0 Å². The zero-order valence-corrected chi connectivity index (χ0v) is 15.7. The van der Waals surface area contributed by atoms with Gasteiger partial charge in [-0.3, -0.25) is 14.2 Å². The summed E-state index contributed by atoms with van der Waals surface area (Å²) in [5, 5.41) is 3.86. The Kier molecular flexibility index (Phi) is 4.86. The first-order valence-corrected chi connectivity index (χ1v) is 9.65. The quantitative estimate of drug-likeness (QED) is 0.794. The number of likely N-dealkylation sites (tertiary alicyclic amines) is 1. The Morgan fingerprint density at radius 3 is 2.46 bits per heavy atom. The first-order valence-electron chi connectivity index (χ1n) is 9.28. The Hall–Kier alpha value is -1.70. The van der Waals surface area contributed by atoms with E-state index in [1.807, 2.05) is 0 Å². The maximum atomic E-state index is 12.7. The van der Waals surface area contributed by atoms with E-state index in [4.69, 9.17) is 11.6 Å². The van der Waals surface area contributed by atoms with Gasteiger partial charge in [0, 0.05) is 38.4 Å². The second kappa shape index (κ2) is 7.13. The largest absolute Gasteiger partial charge is 0.318 e. The van der Waals surface area contributed by atoms with Gasteiger partial charge in [-0.05, 0) is 44.8 Å². The van der Waals surface area contributed by atoms with Crippen molar-refractivity contribution in [2.24, 2.45) is 7.05 Å². The minimum Gasteiger partial charge on any atom is -0.317 e. The van der Waals surface area contributed by atoms with Gasteiger partial charge in [-0.15, -0.1) is 0 Å². The van der Waals surface area contributed by atoms with Crippen LogP contribution in [0, 0.1) is 0 Å². The summed E-state index contributed by atoms with van der Waals surface area (Å²) in [6, 6.07) is 2.34. The average molecular weight is 378 g/mol. The summed E-state index contributed by atoms with van der Waals surface area (Å²) in [7, 11) is 1.59.